The van der Waals surface area contributed by atoms with Crippen LogP contribution in [-0.4, -0.2) is 55.0 Å². The predicted molar refractivity (Wildman–Crippen MR) is 157 cm³/mol. The zero-order valence-electron chi connectivity index (χ0n) is 21.4. The molecule has 0 amide bonds. The zero-order valence-corrected chi connectivity index (χ0v) is 23.8. The topological polar surface area (TPSA) is 59.7 Å². The molecule has 6 nitrogen and oxygen atoms in total. The molecule has 1 aliphatic rings. The summed E-state index contributed by atoms with van der Waals surface area (Å²) in [6, 6.07) is 15.1. The minimum atomic E-state index is 0. The Morgan fingerprint density at radius 3 is 2.59 bits per heavy atom. The van der Waals surface area contributed by atoms with Crippen LogP contribution in [0.25, 0.3) is 32.5 Å². The largest absolute Gasteiger partial charge is 0.305 e. The van der Waals surface area contributed by atoms with Crippen LogP contribution in [0.5, 0.6) is 0 Å². The Bertz CT molecular complexity index is 1510. The quantitative estimate of drug-likeness (QED) is 0.184. The van der Waals surface area contributed by atoms with Crippen molar-refractivity contribution in [3.63, 3.8) is 0 Å². The molecule has 0 N–H and O–H groups in total. The van der Waals surface area contributed by atoms with Crippen LogP contribution in [0.15, 0.2) is 47.6 Å². The molecule has 0 bridgehead atoms. The molecule has 4 heterocycles. The molecule has 3 aromatic heterocycles. The Morgan fingerprint density at radius 1 is 0.946 bits per heavy atom. The first kappa shape index (κ1) is 26.1. The maximum absolute atomic E-state index is 4.69. The molecule has 2 aromatic carbocycles. The van der Waals surface area contributed by atoms with Gasteiger partial charge in [0.2, 0.25) is 0 Å². The van der Waals surface area contributed by atoms with Crippen LogP contribution in [-0.2, 0) is 19.9 Å². The van der Waals surface area contributed by atoms with Crippen molar-refractivity contribution in [3.05, 3.63) is 64.3 Å². The summed E-state index contributed by atoms with van der Waals surface area (Å²) >= 11 is 3.60. The van der Waals surface area contributed by atoms with Gasteiger partial charge in [-0.2, -0.15) is 0 Å². The van der Waals surface area contributed by atoms with E-state index in [1.54, 1.807) is 23.1 Å². The monoisotopic (exact) mass is 550 g/mol. The van der Waals surface area contributed by atoms with E-state index >= 15 is 0 Å². The van der Waals surface area contributed by atoms with Crippen LogP contribution in [0.2, 0.25) is 0 Å². The number of hydrogen-bond acceptors (Lipinski definition) is 7. The van der Waals surface area contributed by atoms with Crippen molar-refractivity contribution >= 4 is 56.6 Å². The van der Waals surface area contributed by atoms with Gasteiger partial charge in [-0.15, -0.1) is 33.9 Å². The maximum Gasteiger partial charge on any atom is 0.191 e. The second kappa shape index (κ2) is 11.1. The fourth-order valence-corrected chi connectivity index (χ4v) is 6.82. The third kappa shape index (κ3) is 5.39. The van der Waals surface area contributed by atoms with Crippen molar-refractivity contribution in [2.75, 3.05) is 25.4 Å². The molecule has 0 saturated carbocycles. The summed E-state index contributed by atoms with van der Waals surface area (Å²) in [5.41, 5.74) is 7.25. The molecule has 0 fully saturated rings. The standard InChI is InChI=1S/C28H30N6S2.ClH/c1-18-8-9-22-23(6-4-7-24(22)29-18)27-31-32-28(33(27)3)35-15-5-12-34-13-10-20-16-25-26(36-19(2)30-25)17-21(20)11-14-34;/h4,6-9,16-17H,5,10-15H2,1-3H3;1H. The second-order valence-electron chi connectivity index (χ2n) is 9.56. The highest BCUT2D eigenvalue weighted by atomic mass is 35.5. The first-order chi connectivity index (χ1) is 17.5. The Hall–Kier alpha value is -2.52. The van der Waals surface area contributed by atoms with Crippen molar-refractivity contribution in [2.45, 2.75) is 38.3 Å². The number of pyridine rings is 1. The summed E-state index contributed by atoms with van der Waals surface area (Å²) in [7, 11) is 2.06. The van der Waals surface area contributed by atoms with Gasteiger partial charge in [-0.3, -0.25) is 4.98 Å². The number of rotatable bonds is 6. The van der Waals surface area contributed by atoms with Gasteiger partial charge in [0, 0.05) is 42.5 Å². The van der Waals surface area contributed by atoms with Gasteiger partial charge in [-0.05, 0) is 75.0 Å². The van der Waals surface area contributed by atoms with Crippen LogP contribution < -0.4 is 0 Å². The van der Waals surface area contributed by atoms with E-state index in [1.165, 1.54) is 21.3 Å². The van der Waals surface area contributed by atoms with Crippen molar-refractivity contribution in [2.24, 2.45) is 7.05 Å². The SMILES string of the molecule is Cc1ccc2c(-c3nnc(SCCCN4CCc5cc6nc(C)sc6cc5CC4)n3C)cccc2n1.Cl. The lowest BCUT2D eigenvalue weighted by molar-refractivity contribution is 0.289. The molecule has 9 heteroatoms. The molecule has 0 aliphatic carbocycles. The Labute approximate surface area is 231 Å². The molecule has 0 spiro atoms. The van der Waals surface area contributed by atoms with Gasteiger partial charge < -0.3 is 9.47 Å². The average Bonchev–Trinajstić information content (AvgIpc) is 3.35. The van der Waals surface area contributed by atoms with Gasteiger partial charge in [-0.1, -0.05) is 30.0 Å². The van der Waals surface area contributed by atoms with Crippen molar-refractivity contribution in [1.29, 1.82) is 0 Å². The van der Waals surface area contributed by atoms with E-state index in [2.05, 4.69) is 75.0 Å². The van der Waals surface area contributed by atoms with Gasteiger partial charge in [0.05, 0.1) is 20.7 Å². The van der Waals surface area contributed by atoms with E-state index in [-0.39, 0.29) is 12.4 Å². The molecule has 6 rings (SSSR count). The molecule has 0 unspecified atom stereocenters. The summed E-state index contributed by atoms with van der Waals surface area (Å²) in [6.07, 6.45) is 3.37. The van der Waals surface area contributed by atoms with Crippen molar-refractivity contribution in [1.82, 2.24) is 29.6 Å². The summed E-state index contributed by atoms with van der Waals surface area (Å²) in [5.74, 6) is 1.92. The van der Waals surface area contributed by atoms with E-state index in [9.17, 15) is 0 Å². The Morgan fingerprint density at radius 2 is 1.76 bits per heavy atom. The molecule has 0 radical (unpaired) electrons. The maximum atomic E-state index is 4.69. The molecule has 192 valence electrons. The van der Waals surface area contributed by atoms with Crippen LogP contribution in [0.3, 0.4) is 0 Å². The molecular weight excluding hydrogens is 520 g/mol. The van der Waals surface area contributed by atoms with E-state index in [0.717, 1.165) is 82.8 Å². The van der Waals surface area contributed by atoms with Crippen molar-refractivity contribution in [3.8, 4) is 11.4 Å². The number of aryl methyl sites for hydroxylation is 2. The number of fused-ring (bicyclic) bond motifs is 3. The van der Waals surface area contributed by atoms with E-state index in [1.807, 2.05) is 13.0 Å². The first-order valence-corrected chi connectivity index (χ1v) is 14.4. The molecule has 0 saturated heterocycles. The number of benzene rings is 2. The predicted octanol–water partition coefficient (Wildman–Crippen LogP) is 6.26. The molecule has 1 aliphatic heterocycles. The van der Waals surface area contributed by atoms with Gasteiger partial charge >= 0.3 is 0 Å². The number of thiazole rings is 1. The molecule has 5 aromatic rings. The Kier molecular flexibility index (Phi) is 7.81. The van der Waals surface area contributed by atoms with Crippen LogP contribution >= 0.6 is 35.5 Å². The lowest BCUT2D eigenvalue weighted by Crippen LogP contribution is -2.27. The van der Waals surface area contributed by atoms with Crippen LogP contribution in [0.4, 0.5) is 0 Å². The van der Waals surface area contributed by atoms with Gasteiger partial charge in [0.1, 0.15) is 0 Å². The molecule has 0 atom stereocenters. The number of aromatic nitrogens is 5. The fraction of sp³-hybridized carbons (Fsp3) is 0.357. The lowest BCUT2D eigenvalue weighted by atomic mass is 10.0. The minimum absolute atomic E-state index is 0. The van der Waals surface area contributed by atoms with E-state index < -0.39 is 0 Å². The molecule has 37 heavy (non-hydrogen) atoms. The van der Waals surface area contributed by atoms with Crippen molar-refractivity contribution < 1.29 is 0 Å². The number of thioether (sulfide) groups is 1. The summed E-state index contributed by atoms with van der Waals surface area (Å²) in [6.45, 7) is 7.48. The second-order valence-corrected chi connectivity index (χ2v) is 11.9. The van der Waals surface area contributed by atoms with Gasteiger partial charge in [0.15, 0.2) is 11.0 Å². The molecular formula is C28H31ClN6S2. The van der Waals surface area contributed by atoms with E-state index in [0.29, 0.717) is 0 Å². The third-order valence-electron chi connectivity index (χ3n) is 7.01. The summed E-state index contributed by atoms with van der Waals surface area (Å²) < 4.78 is 3.44. The summed E-state index contributed by atoms with van der Waals surface area (Å²) in [5, 5.41) is 12.3. The minimum Gasteiger partial charge on any atom is -0.305 e. The van der Waals surface area contributed by atoms with Gasteiger partial charge in [-0.25, -0.2) is 4.98 Å². The number of hydrogen-bond donors (Lipinski definition) is 0. The van der Waals surface area contributed by atoms with Gasteiger partial charge in [0.25, 0.3) is 0 Å². The first-order valence-electron chi connectivity index (χ1n) is 12.6. The highest BCUT2D eigenvalue weighted by Gasteiger charge is 2.17. The number of halogens is 1. The highest BCUT2D eigenvalue weighted by Crippen LogP contribution is 2.30. The normalized spacial score (nSPS) is 14.0. The average molecular weight is 551 g/mol. The number of nitrogens with zero attached hydrogens (tertiary/aromatic N) is 6. The third-order valence-corrected chi connectivity index (χ3v) is 9.05. The smallest absolute Gasteiger partial charge is 0.191 e. The zero-order chi connectivity index (χ0) is 24.6. The lowest BCUT2D eigenvalue weighted by Gasteiger charge is -2.19. The van der Waals surface area contributed by atoms with E-state index in [4.69, 9.17) is 4.98 Å². The fourth-order valence-electron chi connectivity index (χ4n) is 5.11. The summed E-state index contributed by atoms with van der Waals surface area (Å²) in [4.78, 5) is 12.0. The van der Waals surface area contributed by atoms with Crippen LogP contribution in [0, 0.1) is 13.8 Å². The van der Waals surface area contributed by atoms with Crippen LogP contribution in [0.1, 0.15) is 28.2 Å². The Balaban J connectivity index is 0.00000280. The highest BCUT2D eigenvalue weighted by molar-refractivity contribution is 7.99.